The van der Waals surface area contributed by atoms with E-state index < -0.39 is 0 Å². The van der Waals surface area contributed by atoms with Gasteiger partial charge in [-0.1, -0.05) is 27.7 Å². The second-order valence-electron chi connectivity index (χ2n) is 7.11. The highest BCUT2D eigenvalue weighted by Gasteiger charge is 2.19. The molecular formula is C18H32N2S. The molecule has 3 heteroatoms. The molecule has 0 bridgehead atoms. The molecule has 0 aromatic carbocycles. The van der Waals surface area contributed by atoms with Crippen LogP contribution in [0.1, 0.15) is 56.7 Å². The smallest absolute Gasteiger partial charge is 0.0328 e. The number of hydrogen-bond acceptors (Lipinski definition) is 3. The fourth-order valence-electron chi connectivity index (χ4n) is 3.13. The predicted molar refractivity (Wildman–Crippen MR) is 93.8 cm³/mol. The van der Waals surface area contributed by atoms with Crippen molar-refractivity contribution in [2.24, 2.45) is 11.8 Å². The Morgan fingerprint density at radius 1 is 1.14 bits per heavy atom. The van der Waals surface area contributed by atoms with Crippen molar-refractivity contribution in [3.05, 3.63) is 21.9 Å². The molecule has 0 spiro atoms. The summed E-state index contributed by atoms with van der Waals surface area (Å²) in [7, 11) is 0. The fourth-order valence-corrected chi connectivity index (χ4v) is 4.15. The Bertz CT molecular complexity index is 411. The van der Waals surface area contributed by atoms with E-state index >= 15 is 0 Å². The van der Waals surface area contributed by atoms with Crippen LogP contribution in [0.2, 0.25) is 0 Å². The van der Waals surface area contributed by atoms with Crippen LogP contribution in [-0.2, 0) is 13.1 Å². The van der Waals surface area contributed by atoms with Crippen LogP contribution in [0.15, 0.2) is 12.1 Å². The second-order valence-corrected chi connectivity index (χ2v) is 8.37. The van der Waals surface area contributed by atoms with Gasteiger partial charge in [-0.2, -0.15) is 0 Å². The average molecular weight is 309 g/mol. The van der Waals surface area contributed by atoms with E-state index in [-0.39, 0.29) is 0 Å². The third-order valence-electron chi connectivity index (χ3n) is 4.59. The van der Waals surface area contributed by atoms with Gasteiger partial charge in [0.2, 0.25) is 0 Å². The molecule has 2 rings (SSSR count). The maximum atomic E-state index is 3.50. The molecule has 1 aromatic rings. The van der Waals surface area contributed by atoms with Crippen molar-refractivity contribution in [3.63, 3.8) is 0 Å². The lowest BCUT2D eigenvalue weighted by Crippen LogP contribution is -2.24. The predicted octanol–water partition coefficient (Wildman–Crippen LogP) is 4.50. The molecule has 1 aromatic heterocycles. The first-order chi connectivity index (χ1) is 10.0. The van der Waals surface area contributed by atoms with Gasteiger partial charge in [0.05, 0.1) is 0 Å². The minimum Gasteiger partial charge on any atom is -0.310 e. The molecule has 21 heavy (non-hydrogen) atoms. The van der Waals surface area contributed by atoms with Gasteiger partial charge in [-0.25, -0.2) is 0 Å². The van der Waals surface area contributed by atoms with Crippen molar-refractivity contribution in [3.8, 4) is 0 Å². The van der Waals surface area contributed by atoms with E-state index in [0.29, 0.717) is 6.04 Å². The van der Waals surface area contributed by atoms with E-state index in [4.69, 9.17) is 0 Å². The van der Waals surface area contributed by atoms with Crippen LogP contribution < -0.4 is 5.32 Å². The van der Waals surface area contributed by atoms with E-state index in [0.717, 1.165) is 24.9 Å². The molecule has 1 atom stereocenters. The zero-order valence-electron chi connectivity index (χ0n) is 14.2. The monoisotopic (exact) mass is 308 g/mol. The quantitative estimate of drug-likeness (QED) is 0.832. The third-order valence-corrected chi connectivity index (χ3v) is 5.66. The van der Waals surface area contributed by atoms with E-state index in [1.165, 1.54) is 42.1 Å². The standard InChI is InChI=1S/C18H32N2S/c1-14(2)16-6-5-10-20(11-9-16)13-18-8-7-17(21-18)12-19-15(3)4/h7-8,14-16,19H,5-6,9-13H2,1-4H3. The topological polar surface area (TPSA) is 15.3 Å². The lowest BCUT2D eigenvalue weighted by Gasteiger charge is -2.20. The first-order valence-electron chi connectivity index (χ1n) is 8.58. The summed E-state index contributed by atoms with van der Waals surface area (Å²) in [5, 5.41) is 3.50. The zero-order valence-corrected chi connectivity index (χ0v) is 15.0. The first kappa shape index (κ1) is 17.0. The van der Waals surface area contributed by atoms with Gasteiger partial charge in [0.15, 0.2) is 0 Å². The van der Waals surface area contributed by atoms with Crippen LogP contribution in [0.25, 0.3) is 0 Å². The minimum atomic E-state index is 0.564. The Kier molecular flexibility index (Phi) is 6.72. The molecule has 0 radical (unpaired) electrons. The lowest BCUT2D eigenvalue weighted by molar-refractivity contribution is 0.267. The molecular weight excluding hydrogens is 276 g/mol. The molecule has 1 aliphatic heterocycles. The minimum absolute atomic E-state index is 0.564. The summed E-state index contributed by atoms with van der Waals surface area (Å²) in [6.45, 7) is 13.9. The largest absolute Gasteiger partial charge is 0.310 e. The number of nitrogens with zero attached hydrogens (tertiary/aromatic N) is 1. The number of nitrogens with one attached hydrogen (secondary N) is 1. The molecule has 120 valence electrons. The molecule has 1 unspecified atom stereocenters. The van der Waals surface area contributed by atoms with Gasteiger partial charge in [-0.15, -0.1) is 11.3 Å². The van der Waals surface area contributed by atoms with Crippen LogP contribution in [0.4, 0.5) is 0 Å². The normalized spacial score (nSPS) is 21.1. The van der Waals surface area contributed by atoms with Crippen molar-refractivity contribution in [1.82, 2.24) is 10.2 Å². The fraction of sp³-hybridized carbons (Fsp3) is 0.778. The lowest BCUT2D eigenvalue weighted by atomic mass is 9.89. The number of thiophene rings is 1. The Labute approximate surface area is 134 Å². The van der Waals surface area contributed by atoms with Crippen molar-refractivity contribution in [2.75, 3.05) is 13.1 Å². The van der Waals surface area contributed by atoms with Crippen LogP contribution in [-0.4, -0.2) is 24.0 Å². The SMILES string of the molecule is CC(C)NCc1ccc(CN2CCCC(C(C)C)CC2)s1. The Hall–Kier alpha value is -0.380. The van der Waals surface area contributed by atoms with Crippen molar-refractivity contribution in [2.45, 2.75) is 66.1 Å². The van der Waals surface area contributed by atoms with Gasteiger partial charge in [-0.3, -0.25) is 4.90 Å². The summed E-state index contributed by atoms with van der Waals surface area (Å²) >= 11 is 1.98. The van der Waals surface area contributed by atoms with Gasteiger partial charge in [-0.05, 0) is 56.3 Å². The molecule has 0 aliphatic carbocycles. The summed E-state index contributed by atoms with van der Waals surface area (Å²) in [5.74, 6) is 1.78. The van der Waals surface area contributed by atoms with Crippen molar-refractivity contribution in [1.29, 1.82) is 0 Å². The van der Waals surface area contributed by atoms with Gasteiger partial charge < -0.3 is 5.32 Å². The van der Waals surface area contributed by atoms with E-state index in [1.807, 2.05) is 11.3 Å². The molecule has 1 fully saturated rings. The van der Waals surface area contributed by atoms with Gasteiger partial charge >= 0.3 is 0 Å². The number of hydrogen-bond donors (Lipinski definition) is 1. The Morgan fingerprint density at radius 3 is 2.62 bits per heavy atom. The summed E-state index contributed by atoms with van der Waals surface area (Å²) in [6.07, 6.45) is 4.17. The number of rotatable bonds is 6. The molecule has 1 saturated heterocycles. The van der Waals surface area contributed by atoms with Crippen molar-refractivity contribution < 1.29 is 0 Å². The maximum Gasteiger partial charge on any atom is 0.0328 e. The van der Waals surface area contributed by atoms with E-state index in [1.54, 1.807) is 0 Å². The van der Waals surface area contributed by atoms with Crippen LogP contribution in [0, 0.1) is 11.8 Å². The van der Waals surface area contributed by atoms with Crippen LogP contribution in [0.3, 0.4) is 0 Å². The van der Waals surface area contributed by atoms with E-state index in [9.17, 15) is 0 Å². The van der Waals surface area contributed by atoms with E-state index in [2.05, 4.69) is 50.0 Å². The Balaban J connectivity index is 1.81. The molecule has 1 N–H and O–H groups in total. The van der Waals surface area contributed by atoms with Crippen LogP contribution in [0.5, 0.6) is 0 Å². The summed E-state index contributed by atoms with van der Waals surface area (Å²) in [4.78, 5) is 5.65. The molecule has 0 saturated carbocycles. The van der Waals surface area contributed by atoms with Crippen LogP contribution >= 0.6 is 11.3 Å². The highest BCUT2D eigenvalue weighted by atomic mass is 32.1. The Morgan fingerprint density at radius 2 is 1.90 bits per heavy atom. The number of likely N-dealkylation sites (tertiary alicyclic amines) is 1. The average Bonchev–Trinajstić information content (AvgIpc) is 2.73. The zero-order chi connectivity index (χ0) is 15.2. The van der Waals surface area contributed by atoms with Gasteiger partial charge in [0, 0.05) is 28.9 Å². The molecule has 2 nitrogen and oxygen atoms in total. The summed E-state index contributed by atoms with van der Waals surface area (Å²) in [6, 6.07) is 5.19. The molecule has 1 aliphatic rings. The molecule has 0 amide bonds. The highest BCUT2D eigenvalue weighted by Crippen LogP contribution is 2.26. The summed E-state index contributed by atoms with van der Waals surface area (Å²) < 4.78 is 0. The van der Waals surface area contributed by atoms with Gasteiger partial charge in [0.25, 0.3) is 0 Å². The highest BCUT2D eigenvalue weighted by molar-refractivity contribution is 7.11. The maximum absolute atomic E-state index is 3.50. The molecule has 2 heterocycles. The summed E-state index contributed by atoms with van der Waals surface area (Å²) in [5.41, 5.74) is 0. The third kappa shape index (κ3) is 5.72. The second kappa shape index (κ2) is 8.30. The first-order valence-corrected chi connectivity index (χ1v) is 9.39. The van der Waals surface area contributed by atoms with Gasteiger partial charge in [0.1, 0.15) is 0 Å². The van der Waals surface area contributed by atoms with Crippen molar-refractivity contribution >= 4 is 11.3 Å².